The Labute approximate surface area is 140 Å². The number of rotatable bonds is 6. The van der Waals surface area contributed by atoms with Crippen LogP contribution in [0.25, 0.3) is 0 Å². The molecule has 128 valence electrons. The molecule has 0 saturated carbocycles. The van der Waals surface area contributed by atoms with Gasteiger partial charge in [-0.3, -0.25) is 4.79 Å². The van der Waals surface area contributed by atoms with Crippen molar-refractivity contribution in [3.8, 4) is 0 Å². The molecule has 0 aromatic carbocycles. The van der Waals surface area contributed by atoms with E-state index in [0.29, 0.717) is 11.3 Å². The van der Waals surface area contributed by atoms with Gasteiger partial charge in [-0.25, -0.2) is 4.79 Å². The van der Waals surface area contributed by atoms with Crippen molar-refractivity contribution in [2.45, 2.75) is 39.3 Å². The average Bonchev–Trinajstić information content (AvgIpc) is 3.30. The molecule has 1 saturated heterocycles. The number of aryl methyl sites for hydroxylation is 1. The molecule has 2 aromatic rings. The first kappa shape index (κ1) is 16.5. The third kappa shape index (κ3) is 3.43. The number of ether oxygens (including phenoxy) is 2. The van der Waals surface area contributed by atoms with Crippen LogP contribution in [0.2, 0.25) is 0 Å². The van der Waals surface area contributed by atoms with Gasteiger partial charge in [-0.05, 0) is 44.9 Å². The first-order valence-corrected chi connectivity index (χ1v) is 8.18. The van der Waals surface area contributed by atoms with Crippen LogP contribution < -0.4 is 0 Å². The van der Waals surface area contributed by atoms with Crippen molar-refractivity contribution in [1.82, 2.24) is 9.55 Å². The summed E-state index contributed by atoms with van der Waals surface area (Å²) in [6.07, 6.45) is 3.99. The van der Waals surface area contributed by atoms with Gasteiger partial charge in [0, 0.05) is 36.3 Å². The summed E-state index contributed by atoms with van der Waals surface area (Å²) in [5.41, 5.74) is 2.85. The number of nitrogens with one attached hydrogen (secondary N) is 1. The van der Waals surface area contributed by atoms with Gasteiger partial charge in [0.2, 0.25) is 5.78 Å². The SMILES string of the molecule is Cc1cc(C(=O)COC(=O)c2ccc[nH]2)c(C)n1C[C@H]1CCCO1. The number of hydrogen-bond acceptors (Lipinski definition) is 4. The molecular weight excluding hydrogens is 308 g/mol. The number of H-pyrrole nitrogens is 1. The third-order valence-electron chi connectivity index (χ3n) is 4.44. The maximum Gasteiger partial charge on any atom is 0.355 e. The minimum Gasteiger partial charge on any atom is -0.453 e. The van der Waals surface area contributed by atoms with Crippen LogP contribution in [-0.2, 0) is 16.0 Å². The first-order chi connectivity index (χ1) is 11.6. The van der Waals surface area contributed by atoms with Gasteiger partial charge in [0.05, 0.1) is 6.10 Å². The zero-order valence-corrected chi connectivity index (χ0v) is 14.0. The third-order valence-corrected chi connectivity index (χ3v) is 4.44. The molecule has 0 unspecified atom stereocenters. The van der Waals surface area contributed by atoms with Crippen molar-refractivity contribution in [2.24, 2.45) is 0 Å². The standard InChI is InChI=1S/C18H22N2O4/c1-12-9-15(13(2)20(12)10-14-5-4-8-23-14)17(21)11-24-18(22)16-6-3-7-19-16/h3,6-7,9,14,19H,4-5,8,10-11H2,1-2H3/t14-/m1/s1. The summed E-state index contributed by atoms with van der Waals surface area (Å²) < 4.78 is 12.9. The summed E-state index contributed by atoms with van der Waals surface area (Å²) in [5, 5.41) is 0. The second kappa shape index (κ2) is 7.05. The lowest BCUT2D eigenvalue weighted by atomic mass is 10.1. The predicted octanol–water partition coefficient (Wildman–Crippen LogP) is 2.65. The van der Waals surface area contributed by atoms with Crippen LogP contribution in [0.4, 0.5) is 0 Å². The van der Waals surface area contributed by atoms with Gasteiger partial charge in [0.15, 0.2) is 6.61 Å². The second-order valence-corrected chi connectivity index (χ2v) is 6.11. The van der Waals surface area contributed by atoms with Crippen molar-refractivity contribution >= 4 is 11.8 Å². The molecule has 0 aliphatic carbocycles. The minimum absolute atomic E-state index is 0.193. The largest absolute Gasteiger partial charge is 0.453 e. The fourth-order valence-corrected chi connectivity index (χ4v) is 3.10. The molecule has 1 atom stereocenters. The van der Waals surface area contributed by atoms with E-state index in [1.807, 2.05) is 19.9 Å². The lowest BCUT2D eigenvalue weighted by Crippen LogP contribution is -2.18. The number of esters is 1. The Kier molecular flexibility index (Phi) is 4.85. The molecule has 3 rings (SSSR count). The van der Waals surface area contributed by atoms with Gasteiger partial charge in [0.25, 0.3) is 0 Å². The van der Waals surface area contributed by atoms with Gasteiger partial charge >= 0.3 is 5.97 Å². The van der Waals surface area contributed by atoms with Crippen molar-refractivity contribution < 1.29 is 19.1 Å². The minimum atomic E-state index is -0.526. The topological polar surface area (TPSA) is 73.3 Å². The highest BCUT2D eigenvalue weighted by Crippen LogP contribution is 2.20. The smallest absolute Gasteiger partial charge is 0.355 e. The number of Topliss-reactive ketones (excluding diaryl/α,β-unsaturated/α-hetero) is 1. The lowest BCUT2D eigenvalue weighted by molar-refractivity contribution is 0.0469. The Morgan fingerprint density at radius 3 is 2.92 bits per heavy atom. The van der Waals surface area contributed by atoms with E-state index in [0.717, 1.165) is 37.4 Å². The fraction of sp³-hybridized carbons (Fsp3) is 0.444. The molecule has 0 amide bonds. The molecule has 1 aliphatic heterocycles. The molecule has 2 aromatic heterocycles. The Hall–Kier alpha value is -2.34. The van der Waals surface area contributed by atoms with Crippen LogP contribution in [0.5, 0.6) is 0 Å². The van der Waals surface area contributed by atoms with Crippen LogP contribution >= 0.6 is 0 Å². The summed E-state index contributed by atoms with van der Waals surface area (Å²) in [5.74, 6) is -0.719. The summed E-state index contributed by atoms with van der Waals surface area (Å²) >= 11 is 0. The van der Waals surface area contributed by atoms with E-state index in [1.54, 1.807) is 18.3 Å². The highest BCUT2D eigenvalue weighted by molar-refractivity contribution is 6.00. The Balaban J connectivity index is 1.65. The maximum atomic E-state index is 12.4. The Morgan fingerprint density at radius 1 is 1.42 bits per heavy atom. The number of ketones is 1. The summed E-state index contributed by atoms with van der Waals surface area (Å²) in [4.78, 5) is 27.0. The molecule has 0 spiro atoms. The monoisotopic (exact) mass is 330 g/mol. The maximum absolute atomic E-state index is 12.4. The van der Waals surface area contributed by atoms with Crippen LogP contribution in [0.15, 0.2) is 24.4 Å². The van der Waals surface area contributed by atoms with E-state index in [2.05, 4.69) is 9.55 Å². The number of aromatic nitrogens is 2. The fourth-order valence-electron chi connectivity index (χ4n) is 3.10. The summed E-state index contributed by atoms with van der Waals surface area (Å²) in [7, 11) is 0. The van der Waals surface area contributed by atoms with E-state index in [4.69, 9.17) is 9.47 Å². The number of hydrogen-bond donors (Lipinski definition) is 1. The predicted molar refractivity (Wildman–Crippen MR) is 88.3 cm³/mol. The highest BCUT2D eigenvalue weighted by atomic mass is 16.5. The number of nitrogens with zero attached hydrogens (tertiary/aromatic N) is 1. The highest BCUT2D eigenvalue weighted by Gasteiger charge is 2.21. The van der Waals surface area contributed by atoms with E-state index in [-0.39, 0.29) is 18.5 Å². The number of aromatic amines is 1. The van der Waals surface area contributed by atoms with Gasteiger partial charge in [-0.1, -0.05) is 0 Å². The average molecular weight is 330 g/mol. The van der Waals surface area contributed by atoms with Crippen LogP contribution in [0.1, 0.15) is 45.1 Å². The molecule has 0 radical (unpaired) electrons. The molecule has 1 fully saturated rings. The van der Waals surface area contributed by atoms with Gasteiger partial charge in [-0.2, -0.15) is 0 Å². The quantitative estimate of drug-likeness (QED) is 0.653. The second-order valence-electron chi connectivity index (χ2n) is 6.11. The molecular formula is C18H22N2O4. The summed E-state index contributed by atoms with van der Waals surface area (Å²) in [6.45, 7) is 5.20. The van der Waals surface area contributed by atoms with E-state index in [9.17, 15) is 9.59 Å². The molecule has 0 bridgehead atoms. The zero-order valence-electron chi connectivity index (χ0n) is 14.0. The van der Waals surface area contributed by atoms with Gasteiger partial charge < -0.3 is 19.0 Å². The van der Waals surface area contributed by atoms with Gasteiger partial charge in [0.1, 0.15) is 5.69 Å². The van der Waals surface area contributed by atoms with Crippen molar-refractivity contribution in [2.75, 3.05) is 13.2 Å². The van der Waals surface area contributed by atoms with Crippen molar-refractivity contribution in [3.05, 3.63) is 47.0 Å². The van der Waals surface area contributed by atoms with Crippen LogP contribution in [-0.4, -0.2) is 40.6 Å². The first-order valence-electron chi connectivity index (χ1n) is 8.18. The zero-order chi connectivity index (χ0) is 17.1. The molecule has 6 nitrogen and oxygen atoms in total. The van der Waals surface area contributed by atoms with Gasteiger partial charge in [-0.15, -0.1) is 0 Å². The Bertz CT molecular complexity index is 725. The molecule has 6 heteroatoms. The van der Waals surface area contributed by atoms with E-state index >= 15 is 0 Å². The van der Waals surface area contributed by atoms with Crippen LogP contribution in [0, 0.1) is 13.8 Å². The lowest BCUT2D eigenvalue weighted by Gasteiger charge is -2.14. The molecule has 3 heterocycles. The van der Waals surface area contributed by atoms with Crippen molar-refractivity contribution in [1.29, 1.82) is 0 Å². The molecule has 24 heavy (non-hydrogen) atoms. The molecule has 1 aliphatic rings. The van der Waals surface area contributed by atoms with E-state index in [1.165, 1.54) is 0 Å². The van der Waals surface area contributed by atoms with E-state index < -0.39 is 5.97 Å². The van der Waals surface area contributed by atoms with Crippen molar-refractivity contribution in [3.63, 3.8) is 0 Å². The van der Waals surface area contributed by atoms with Crippen LogP contribution in [0.3, 0.4) is 0 Å². The normalized spacial score (nSPS) is 17.2. The Morgan fingerprint density at radius 2 is 2.25 bits per heavy atom. The number of carbonyl (C=O) groups is 2. The number of carbonyl (C=O) groups excluding carboxylic acids is 2. The summed E-state index contributed by atoms with van der Waals surface area (Å²) in [6, 6.07) is 5.17. The molecule has 1 N–H and O–H groups in total.